The first-order valence-electron chi connectivity index (χ1n) is 12.1. The van der Waals surface area contributed by atoms with Crippen LogP contribution < -0.4 is 25.7 Å². The molecule has 0 spiro atoms. The molecule has 3 aromatic rings. The van der Waals surface area contributed by atoms with Crippen molar-refractivity contribution in [2.45, 2.75) is 30.6 Å². The summed E-state index contributed by atoms with van der Waals surface area (Å²) in [6.07, 6.45) is 1.99. The zero-order chi connectivity index (χ0) is 28.6. The molecule has 0 bridgehead atoms. The number of anilines is 1. The van der Waals surface area contributed by atoms with Gasteiger partial charge in [-0.25, -0.2) is 9.97 Å². The quantitative estimate of drug-likeness (QED) is 0.121. The van der Waals surface area contributed by atoms with E-state index < -0.39 is 26.7 Å². The largest absolute Gasteiger partial charge is 0.694 e. The van der Waals surface area contributed by atoms with E-state index in [-0.39, 0.29) is 19.0 Å². The van der Waals surface area contributed by atoms with Gasteiger partial charge in [0.15, 0.2) is 0 Å². The molecular formula is C25H31N5O8PS+. The molecule has 5 N–H and O–H groups in total. The number of hydrogen-bond donors (Lipinski definition) is 3. The Bertz CT molecular complexity index is 1390. The minimum atomic E-state index is -2.80. The van der Waals surface area contributed by atoms with Gasteiger partial charge < -0.3 is 39.7 Å². The van der Waals surface area contributed by atoms with Crippen LogP contribution in [0.15, 0.2) is 24.7 Å². The molecule has 0 amide bonds. The molecule has 4 rings (SSSR count). The summed E-state index contributed by atoms with van der Waals surface area (Å²) in [7, 11) is 1.94. The predicted molar refractivity (Wildman–Crippen MR) is 149 cm³/mol. The van der Waals surface area contributed by atoms with Crippen LogP contribution in [0.3, 0.4) is 0 Å². The Hall–Kier alpha value is -3.15. The maximum Gasteiger partial charge on any atom is 0.694 e. The summed E-state index contributed by atoms with van der Waals surface area (Å²) in [6.45, 7) is 0.0502. The van der Waals surface area contributed by atoms with Crippen molar-refractivity contribution in [2.24, 2.45) is 5.73 Å². The Morgan fingerprint density at radius 2 is 1.98 bits per heavy atom. The number of methoxy groups -OCH3 is 3. The Morgan fingerprint density at radius 3 is 2.62 bits per heavy atom. The highest BCUT2D eigenvalue weighted by molar-refractivity contribution is 7.98. The van der Waals surface area contributed by atoms with Crippen LogP contribution in [0.25, 0.3) is 11.0 Å². The van der Waals surface area contributed by atoms with Crippen molar-refractivity contribution in [3.05, 3.63) is 35.8 Å². The number of ether oxygens (including phenoxy) is 5. The molecule has 1 aromatic carbocycles. The van der Waals surface area contributed by atoms with E-state index in [0.29, 0.717) is 52.0 Å². The molecule has 2 aromatic heterocycles. The third kappa shape index (κ3) is 6.76. The summed E-state index contributed by atoms with van der Waals surface area (Å²) in [6, 6.07) is 3.59. The molecular weight excluding hydrogens is 561 g/mol. The van der Waals surface area contributed by atoms with E-state index in [4.69, 9.17) is 39.7 Å². The van der Waals surface area contributed by atoms with Gasteiger partial charge in [0.05, 0.1) is 50.9 Å². The maximum atomic E-state index is 11.2. The van der Waals surface area contributed by atoms with Crippen LogP contribution in [0, 0.1) is 11.8 Å². The van der Waals surface area contributed by atoms with E-state index in [1.165, 1.54) is 18.1 Å². The number of benzene rings is 1. The van der Waals surface area contributed by atoms with E-state index in [9.17, 15) is 9.46 Å². The van der Waals surface area contributed by atoms with Crippen LogP contribution in [-0.4, -0.2) is 72.1 Å². The Morgan fingerprint density at radius 1 is 1.23 bits per heavy atom. The average Bonchev–Trinajstić information content (AvgIpc) is 3.54. The fraction of sp³-hybridized carbons (Fsp3) is 0.440. The third-order valence-corrected chi connectivity index (χ3v) is 7.40. The summed E-state index contributed by atoms with van der Waals surface area (Å²) >= 11 is 1.51. The zero-order valence-corrected chi connectivity index (χ0v) is 23.9. The average molecular weight is 593 g/mol. The van der Waals surface area contributed by atoms with Crippen molar-refractivity contribution < 1.29 is 37.7 Å². The van der Waals surface area contributed by atoms with E-state index >= 15 is 0 Å². The second-order valence-electron chi connectivity index (χ2n) is 8.49. The number of aromatic nitrogens is 3. The van der Waals surface area contributed by atoms with Crippen LogP contribution >= 0.6 is 20.0 Å². The van der Waals surface area contributed by atoms with E-state index in [1.54, 1.807) is 39.7 Å². The second-order valence-corrected chi connectivity index (χ2v) is 10.2. The molecule has 1 fully saturated rings. The maximum absolute atomic E-state index is 11.2. The minimum Gasteiger partial charge on any atom is -0.496 e. The first-order valence-corrected chi connectivity index (χ1v) is 14.4. The fourth-order valence-corrected chi connectivity index (χ4v) is 5.52. The van der Waals surface area contributed by atoms with Crippen molar-refractivity contribution in [1.82, 2.24) is 14.5 Å². The highest BCUT2D eigenvalue weighted by Crippen LogP contribution is 2.39. The van der Waals surface area contributed by atoms with E-state index in [2.05, 4.69) is 21.8 Å². The molecule has 0 radical (unpaired) electrons. The van der Waals surface area contributed by atoms with Crippen molar-refractivity contribution in [3.63, 3.8) is 0 Å². The summed E-state index contributed by atoms with van der Waals surface area (Å²) < 4.78 is 46.8. The van der Waals surface area contributed by atoms with Gasteiger partial charge in [0.25, 0.3) is 0 Å². The van der Waals surface area contributed by atoms with Crippen molar-refractivity contribution >= 4 is 36.9 Å². The van der Waals surface area contributed by atoms with Gasteiger partial charge in [-0.15, -0.1) is 21.2 Å². The highest BCUT2D eigenvalue weighted by Gasteiger charge is 2.40. The molecule has 1 aliphatic heterocycles. The number of hydrogen-bond acceptors (Lipinski definition) is 12. The standard InChI is InChI=1S/C25H30N5O8PS/c1-33-16-7-18(34-2)17(19(8-16)35-3)12-40-14-36-20-9-22(38-21(20)11-37-39(31)32)30-10-15(5-4-6-26)23-24(27)28-13-29-25(23)30/h7-8,10,13,20-22H,6,9,11-12,14,26H2,1-3H3,(H2-,27,28,29,31,32)/p+1/t20-,21+,22+/m0/s1. The normalized spacial score (nSPS) is 18.8. The Kier molecular flexibility index (Phi) is 10.4. The molecule has 15 heteroatoms. The SMILES string of the molecule is COc1cc(OC)c(CSCO[C@H]2C[C@H](n3cc(C#CCN)c4c(N)ncnc43)O[C@@H]2CO[P+](=O)O)c(OC)c1. The predicted octanol–water partition coefficient (Wildman–Crippen LogP) is 2.58. The monoisotopic (exact) mass is 592 g/mol. The first kappa shape index (κ1) is 29.8. The number of nitrogen functional groups attached to an aromatic ring is 1. The van der Waals surface area contributed by atoms with Gasteiger partial charge in [-0.3, -0.25) is 0 Å². The molecule has 40 heavy (non-hydrogen) atoms. The minimum absolute atomic E-state index is 0.131. The molecule has 0 aliphatic carbocycles. The second kappa shape index (κ2) is 14.0. The number of nitrogens with two attached hydrogens (primary N) is 2. The number of fused-ring (bicyclic) bond motifs is 1. The third-order valence-electron chi connectivity index (χ3n) is 6.23. The smallest absolute Gasteiger partial charge is 0.496 e. The van der Waals surface area contributed by atoms with Gasteiger partial charge in [0.1, 0.15) is 54.0 Å². The van der Waals surface area contributed by atoms with Gasteiger partial charge in [-0.05, 0) is 0 Å². The first-order chi connectivity index (χ1) is 19.4. The molecule has 3 heterocycles. The van der Waals surface area contributed by atoms with Gasteiger partial charge in [-0.1, -0.05) is 11.8 Å². The molecule has 0 saturated carbocycles. The number of rotatable bonds is 12. The molecule has 1 unspecified atom stereocenters. The van der Waals surface area contributed by atoms with E-state index in [1.807, 2.05) is 4.57 Å². The molecule has 1 saturated heterocycles. The Balaban J connectivity index is 1.50. The van der Waals surface area contributed by atoms with Crippen LogP contribution in [0.4, 0.5) is 5.82 Å². The van der Waals surface area contributed by atoms with Gasteiger partial charge in [0.2, 0.25) is 0 Å². The van der Waals surface area contributed by atoms with Gasteiger partial charge in [0, 0.05) is 40.6 Å². The van der Waals surface area contributed by atoms with Crippen LogP contribution in [0.5, 0.6) is 17.2 Å². The van der Waals surface area contributed by atoms with Gasteiger partial charge >= 0.3 is 8.25 Å². The van der Waals surface area contributed by atoms with E-state index in [0.717, 1.165) is 5.56 Å². The lowest BCUT2D eigenvalue weighted by atomic mass is 10.2. The van der Waals surface area contributed by atoms with Crippen molar-refractivity contribution in [3.8, 4) is 29.1 Å². The lowest BCUT2D eigenvalue weighted by Crippen LogP contribution is -2.28. The fourth-order valence-electron chi connectivity index (χ4n) is 4.40. The van der Waals surface area contributed by atoms with Crippen molar-refractivity contribution in [1.29, 1.82) is 0 Å². The van der Waals surface area contributed by atoms with Crippen LogP contribution in [-0.2, 0) is 24.3 Å². The summed E-state index contributed by atoms with van der Waals surface area (Å²) in [5.41, 5.74) is 13.7. The summed E-state index contributed by atoms with van der Waals surface area (Å²) in [5.74, 6) is 8.87. The topological polar surface area (TPSA) is 175 Å². The number of nitrogens with zero attached hydrogens (tertiary/aromatic N) is 3. The lowest BCUT2D eigenvalue weighted by molar-refractivity contribution is -0.0486. The van der Waals surface area contributed by atoms with Crippen LogP contribution in [0.1, 0.15) is 23.8 Å². The van der Waals surface area contributed by atoms with Crippen LogP contribution in [0.2, 0.25) is 0 Å². The highest BCUT2D eigenvalue weighted by atomic mass is 32.2. The lowest BCUT2D eigenvalue weighted by Gasteiger charge is -2.17. The summed E-state index contributed by atoms with van der Waals surface area (Å²) in [4.78, 5) is 17.7. The summed E-state index contributed by atoms with van der Waals surface area (Å²) in [5, 5.41) is 0.598. The molecule has 13 nitrogen and oxygen atoms in total. The van der Waals surface area contributed by atoms with Gasteiger partial charge in [-0.2, -0.15) is 0 Å². The Labute approximate surface area is 236 Å². The molecule has 1 aliphatic rings. The zero-order valence-electron chi connectivity index (χ0n) is 22.2. The molecule has 214 valence electrons. The number of thioether (sulfide) groups is 1. The molecule has 4 atom stereocenters. The van der Waals surface area contributed by atoms with Crippen molar-refractivity contribution in [2.75, 3.05) is 46.2 Å².